The van der Waals surface area contributed by atoms with Gasteiger partial charge in [0, 0.05) is 23.0 Å². The van der Waals surface area contributed by atoms with Crippen molar-refractivity contribution < 1.29 is 13.3 Å². The SMILES string of the molecule is Cc1ccc(S(=O)(=O)NC2CCCCC2Cl)cc1[N+](=O)[O-]. The van der Waals surface area contributed by atoms with E-state index in [1.54, 1.807) is 6.92 Å². The average Bonchev–Trinajstić information content (AvgIpc) is 2.41. The summed E-state index contributed by atoms with van der Waals surface area (Å²) in [5.74, 6) is 0. The number of nitro benzene ring substituents is 1. The molecule has 21 heavy (non-hydrogen) atoms. The molecule has 0 saturated heterocycles. The van der Waals surface area contributed by atoms with Crippen LogP contribution in [0.4, 0.5) is 5.69 Å². The van der Waals surface area contributed by atoms with Gasteiger partial charge in [0.2, 0.25) is 10.0 Å². The Hall–Kier alpha value is -1.18. The summed E-state index contributed by atoms with van der Waals surface area (Å²) in [6.07, 6.45) is 3.36. The molecule has 0 amide bonds. The number of nitrogens with zero attached hydrogens (tertiary/aromatic N) is 1. The summed E-state index contributed by atoms with van der Waals surface area (Å²) >= 11 is 6.15. The fourth-order valence-corrected chi connectivity index (χ4v) is 4.19. The quantitative estimate of drug-likeness (QED) is 0.521. The summed E-state index contributed by atoms with van der Waals surface area (Å²) in [6, 6.07) is 3.57. The van der Waals surface area contributed by atoms with Crippen molar-refractivity contribution in [2.45, 2.75) is 48.9 Å². The highest BCUT2D eigenvalue weighted by atomic mass is 35.5. The van der Waals surface area contributed by atoms with E-state index in [0.717, 1.165) is 25.3 Å². The molecule has 116 valence electrons. The van der Waals surface area contributed by atoms with E-state index in [1.807, 2.05) is 0 Å². The molecule has 1 fully saturated rings. The van der Waals surface area contributed by atoms with Crippen molar-refractivity contribution in [3.63, 3.8) is 0 Å². The van der Waals surface area contributed by atoms with Gasteiger partial charge in [0.1, 0.15) is 0 Å². The molecule has 1 N–H and O–H groups in total. The number of nitrogens with one attached hydrogen (secondary N) is 1. The first kappa shape index (κ1) is 16.2. The van der Waals surface area contributed by atoms with Crippen molar-refractivity contribution in [3.8, 4) is 0 Å². The second-order valence-corrected chi connectivity index (χ2v) is 7.51. The third-order valence-corrected chi connectivity index (χ3v) is 5.69. The van der Waals surface area contributed by atoms with Crippen molar-refractivity contribution in [1.82, 2.24) is 4.72 Å². The molecule has 1 aliphatic carbocycles. The Labute approximate surface area is 128 Å². The van der Waals surface area contributed by atoms with Crippen molar-refractivity contribution in [1.29, 1.82) is 0 Å². The van der Waals surface area contributed by atoms with Gasteiger partial charge in [0.15, 0.2) is 0 Å². The number of hydrogen-bond acceptors (Lipinski definition) is 4. The lowest BCUT2D eigenvalue weighted by molar-refractivity contribution is -0.385. The minimum absolute atomic E-state index is 0.103. The zero-order valence-electron chi connectivity index (χ0n) is 11.6. The number of sulfonamides is 1. The van der Waals surface area contributed by atoms with E-state index in [-0.39, 0.29) is 22.0 Å². The molecule has 2 unspecified atom stereocenters. The molecule has 8 heteroatoms. The first-order valence-corrected chi connectivity index (χ1v) is 8.64. The van der Waals surface area contributed by atoms with Crippen molar-refractivity contribution >= 4 is 27.3 Å². The first-order valence-electron chi connectivity index (χ1n) is 6.73. The minimum Gasteiger partial charge on any atom is -0.258 e. The summed E-state index contributed by atoms with van der Waals surface area (Å²) in [6.45, 7) is 1.57. The Morgan fingerprint density at radius 1 is 1.33 bits per heavy atom. The Morgan fingerprint density at radius 3 is 2.62 bits per heavy atom. The molecule has 2 rings (SSSR count). The number of nitro groups is 1. The van der Waals surface area contributed by atoms with E-state index < -0.39 is 14.9 Å². The first-order chi connectivity index (χ1) is 9.81. The molecule has 1 aliphatic rings. The summed E-state index contributed by atoms with van der Waals surface area (Å²) in [5.41, 5.74) is 0.218. The fraction of sp³-hybridized carbons (Fsp3) is 0.538. The van der Waals surface area contributed by atoms with Crippen LogP contribution in [0.15, 0.2) is 23.1 Å². The van der Waals surface area contributed by atoms with Gasteiger partial charge in [-0.15, -0.1) is 11.6 Å². The van der Waals surface area contributed by atoms with Crippen LogP contribution in [0.3, 0.4) is 0 Å². The molecule has 0 aliphatic heterocycles. The van der Waals surface area contributed by atoms with Gasteiger partial charge in [0.05, 0.1) is 9.82 Å². The van der Waals surface area contributed by atoms with Crippen molar-refractivity contribution in [3.05, 3.63) is 33.9 Å². The highest BCUT2D eigenvalue weighted by molar-refractivity contribution is 7.89. The van der Waals surface area contributed by atoms with Crippen LogP contribution in [0.2, 0.25) is 0 Å². The van der Waals surface area contributed by atoms with Gasteiger partial charge in [-0.1, -0.05) is 18.9 Å². The van der Waals surface area contributed by atoms with Crippen molar-refractivity contribution in [2.75, 3.05) is 0 Å². The van der Waals surface area contributed by atoms with E-state index in [9.17, 15) is 18.5 Å². The topological polar surface area (TPSA) is 89.3 Å². The number of hydrogen-bond donors (Lipinski definition) is 1. The molecule has 0 bridgehead atoms. The lowest BCUT2D eigenvalue weighted by Crippen LogP contribution is -2.42. The van der Waals surface area contributed by atoms with Crippen LogP contribution in [0.25, 0.3) is 0 Å². The van der Waals surface area contributed by atoms with Gasteiger partial charge in [0.25, 0.3) is 5.69 Å². The maximum atomic E-state index is 12.3. The van der Waals surface area contributed by atoms with Crippen LogP contribution in [0.5, 0.6) is 0 Å². The fourth-order valence-electron chi connectivity index (χ4n) is 2.44. The van der Waals surface area contributed by atoms with E-state index in [4.69, 9.17) is 11.6 Å². The maximum absolute atomic E-state index is 12.3. The van der Waals surface area contributed by atoms with Crippen LogP contribution in [-0.2, 0) is 10.0 Å². The monoisotopic (exact) mass is 332 g/mol. The van der Waals surface area contributed by atoms with Crippen LogP contribution in [0.1, 0.15) is 31.2 Å². The van der Waals surface area contributed by atoms with E-state index in [1.165, 1.54) is 12.1 Å². The smallest absolute Gasteiger partial charge is 0.258 e. The van der Waals surface area contributed by atoms with Crippen LogP contribution >= 0.6 is 11.6 Å². The Kier molecular flexibility index (Phi) is 4.85. The summed E-state index contributed by atoms with van der Waals surface area (Å²) in [4.78, 5) is 10.2. The summed E-state index contributed by atoms with van der Waals surface area (Å²) < 4.78 is 27.2. The van der Waals surface area contributed by atoms with Gasteiger partial charge in [-0.25, -0.2) is 13.1 Å². The van der Waals surface area contributed by atoms with Gasteiger partial charge in [-0.3, -0.25) is 10.1 Å². The second-order valence-electron chi connectivity index (χ2n) is 5.23. The maximum Gasteiger partial charge on any atom is 0.273 e. The standard InChI is InChI=1S/C13H17ClN2O4S/c1-9-6-7-10(8-13(9)16(17)18)21(19,20)15-12-5-3-2-4-11(12)14/h6-8,11-12,15H,2-5H2,1H3. The molecular formula is C13H17ClN2O4S. The lowest BCUT2D eigenvalue weighted by Gasteiger charge is -2.27. The zero-order chi connectivity index (χ0) is 15.6. The predicted octanol–water partition coefficient (Wildman–Crippen LogP) is 2.73. The number of alkyl halides is 1. The lowest BCUT2D eigenvalue weighted by atomic mass is 9.96. The normalized spacial score (nSPS) is 23.0. The van der Waals surface area contributed by atoms with Crippen LogP contribution in [-0.4, -0.2) is 24.8 Å². The molecule has 0 spiro atoms. The van der Waals surface area contributed by atoms with Gasteiger partial charge < -0.3 is 0 Å². The van der Waals surface area contributed by atoms with E-state index >= 15 is 0 Å². The van der Waals surface area contributed by atoms with E-state index in [0.29, 0.717) is 12.0 Å². The molecule has 1 aromatic rings. The second kappa shape index (κ2) is 6.29. The zero-order valence-corrected chi connectivity index (χ0v) is 13.2. The average molecular weight is 333 g/mol. The van der Waals surface area contributed by atoms with Crippen LogP contribution in [0, 0.1) is 17.0 Å². The molecule has 0 aromatic heterocycles. The Morgan fingerprint density at radius 2 is 2.00 bits per heavy atom. The number of rotatable bonds is 4. The largest absolute Gasteiger partial charge is 0.273 e. The third-order valence-electron chi connectivity index (χ3n) is 3.68. The summed E-state index contributed by atoms with van der Waals surface area (Å²) in [7, 11) is -3.80. The highest BCUT2D eigenvalue weighted by Crippen LogP contribution is 2.26. The van der Waals surface area contributed by atoms with Crippen molar-refractivity contribution in [2.24, 2.45) is 0 Å². The predicted molar refractivity (Wildman–Crippen MR) is 80.1 cm³/mol. The number of aryl methyl sites for hydroxylation is 1. The van der Waals surface area contributed by atoms with Gasteiger partial charge in [-0.05, 0) is 25.8 Å². The molecular weight excluding hydrogens is 316 g/mol. The van der Waals surface area contributed by atoms with Gasteiger partial charge in [-0.2, -0.15) is 0 Å². The third kappa shape index (κ3) is 3.72. The highest BCUT2D eigenvalue weighted by Gasteiger charge is 2.29. The Balaban J connectivity index is 2.27. The molecule has 6 nitrogen and oxygen atoms in total. The number of benzene rings is 1. The van der Waals surface area contributed by atoms with Crippen LogP contribution < -0.4 is 4.72 Å². The number of halogens is 1. The van der Waals surface area contributed by atoms with E-state index in [2.05, 4.69) is 4.72 Å². The molecule has 2 atom stereocenters. The Bertz CT molecular complexity index is 648. The minimum atomic E-state index is -3.80. The molecule has 0 heterocycles. The molecule has 1 saturated carbocycles. The van der Waals surface area contributed by atoms with Gasteiger partial charge >= 0.3 is 0 Å². The molecule has 0 radical (unpaired) electrons. The summed E-state index contributed by atoms with van der Waals surface area (Å²) in [5, 5.41) is 10.7. The molecule has 1 aromatic carbocycles.